The lowest BCUT2D eigenvalue weighted by Gasteiger charge is -2.19. The Labute approximate surface area is 122 Å². The van der Waals surface area contributed by atoms with E-state index in [1.165, 1.54) is 0 Å². The molecule has 0 bridgehead atoms. The summed E-state index contributed by atoms with van der Waals surface area (Å²) in [6, 6.07) is 9.47. The fraction of sp³-hybridized carbons (Fsp3) is 0.533. The zero-order valence-electron chi connectivity index (χ0n) is 11.7. The van der Waals surface area contributed by atoms with Crippen LogP contribution in [-0.4, -0.2) is 34.8 Å². The van der Waals surface area contributed by atoms with Gasteiger partial charge in [0.05, 0.1) is 18.6 Å². The van der Waals surface area contributed by atoms with Crippen LogP contribution in [0, 0.1) is 0 Å². The van der Waals surface area contributed by atoms with E-state index in [2.05, 4.69) is 5.32 Å². The number of hydrogen-bond donors (Lipinski definition) is 1. The largest absolute Gasteiger partial charge is 0.378 e. The summed E-state index contributed by atoms with van der Waals surface area (Å²) in [5, 5.41) is 2.98. The molecule has 0 aromatic heterocycles. The van der Waals surface area contributed by atoms with E-state index in [1.54, 1.807) is 6.26 Å². The molecule has 20 heavy (non-hydrogen) atoms. The first-order valence-electron chi connectivity index (χ1n) is 6.91. The lowest BCUT2D eigenvalue weighted by molar-refractivity contribution is -0.123. The van der Waals surface area contributed by atoms with Crippen molar-refractivity contribution >= 4 is 16.7 Å². The van der Waals surface area contributed by atoms with Crippen LogP contribution in [0.5, 0.6) is 0 Å². The summed E-state index contributed by atoms with van der Waals surface area (Å²) in [6.45, 7) is 0.749. The van der Waals surface area contributed by atoms with Crippen molar-refractivity contribution in [3.63, 3.8) is 0 Å². The Bertz CT molecular complexity index is 457. The third kappa shape index (κ3) is 4.72. The molecule has 4 nitrogen and oxygen atoms in total. The van der Waals surface area contributed by atoms with Crippen molar-refractivity contribution in [2.24, 2.45) is 0 Å². The average molecular weight is 295 g/mol. The number of amides is 1. The molecule has 5 heteroatoms. The van der Waals surface area contributed by atoms with Gasteiger partial charge in [-0.1, -0.05) is 30.3 Å². The van der Waals surface area contributed by atoms with E-state index < -0.39 is 10.8 Å². The van der Waals surface area contributed by atoms with E-state index in [4.69, 9.17) is 4.74 Å². The van der Waals surface area contributed by atoms with Crippen molar-refractivity contribution in [3.05, 3.63) is 35.9 Å². The Hall–Kier alpha value is -1.20. The number of nitrogens with one attached hydrogen (secondary N) is 1. The van der Waals surface area contributed by atoms with E-state index in [0.717, 1.165) is 25.0 Å². The van der Waals surface area contributed by atoms with Gasteiger partial charge in [0.2, 0.25) is 5.91 Å². The maximum Gasteiger partial charge on any atom is 0.223 e. The second-order valence-electron chi connectivity index (χ2n) is 5.11. The van der Waals surface area contributed by atoms with Gasteiger partial charge < -0.3 is 10.1 Å². The van der Waals surface area contributed by atoms with Crippen molar-refractivity contribution < 1.29 is 13.7 Å². The average Bonchev–Trinajstić information content (AvgIpc) is 2.91. The number of carbonyl (C=O) groups excluding carboxylic acids is 1. The van der Waals surface area contributed by atoms with Gasteiger partial charge in [0.25, 0.3) is 0 Å². The summed E-state index contributed by atoms with van der Waals surface area (Å²) in [5.41, 5.74) is 0.989. The molecule has 110 valence electrons. The normalized spacial score (nSPS) is 21.4. The van der Waals surface area contributed by atoms with Crippen molar-refractivity contribution in [2.75, 3.05) is 18.6 Å². The molecule has 0 aliphatic carbocycles. The highest BCUT2D eigenvalue weighted by Crippen LogP contribution is 2.17. The summed E-state index contributed by atoms with van der Waals surface area (Å²) in [7, 11) is -0.962. The minimum Gasteiger partial charge on any atom is -0.378 e. The van der Waals surface area contributed by atoms with Crippen LogP contribution in [0.3, 0.4) is 0 Å². The van der Waals surface area contributed by atoms with Crippen LogP contribution in [0.25, 0.3) is 0 Å². The third-order valence-electron chi connectivity index (χ3n) is 3.38. The molecule has 1 saturated heterocycles. The number of hydrogen-bond acceptors (Lipinski definition) is 3. The van der Waals surface area contributed by atoms with Crippen molar-refractivity contribution in [3.8, 4) is 0 Å². The lowest BCUT2D eigenvalue weighted by Crippen LogP contribution is -2.33. The zero-order valence-corrected chi connectivity index (χ0v) is 12.5. The highest BCUT2D eigenvalue weighted by Gasteiger charge is 2.22. The molecule has 0 saturated carbocycles. The van der Waals surface area contributed by atoms with E-state index >= 15 is 0 Å². The fourth-order valence-electron chi connectivity index (χ4n) is 2.41. The Morgan fingerprint density at radius 2 is 2.20 bits per heavy atom. The minimum absolute atomic E-state index is 0.0313. The number of ether oxygens (including phenoxy) is 1. The van der Waals surface area contributed by atoms with Gasteiger partial charge in [-0.15, -0.1) is 0 Å². The fourth-order valence-corrected chi connectivity index (χ4v) is 3.15. The van der Waals surface area contributed by atoms with Crippen LogP contribution in [0.4, 0.5) is 0 Å². The summed E-state index contributed by atoms with van der Waals surface area (Å²) >= 11 is 0. The van der Waals surface area contributed by atoms with Crippen LogP contribution in [0.1, 0.15) is 30.9 Å². The Kier molecular flexibility index (Phi) is 5.73. The standard InChI is InChI=1S/C15H21NO3S/c1-20(18)11-14(12-6-3-2-4-7-12)16-15(17)10-13-8-5-9-19-13/h2-4,6-7,13-14H,5,8-11H2,1H3,(H,16,17)/t13-,14-,20+/m0/s1. The van der Waals surface area contributed by atoms with Crippen LogP contribution in [0.2, 0.25) is 0 Å². The van der Waals surface area contributed by atoms with E-state index in [9.17, 15) is 9.00 Å². The van der Waals surface area contributed by atoms with Crippen LogP contribution in [0.15, 0.2) is 30.3 Å². The highest BCUT2D eigenvalue weighted by molar-refractivity contribution is 7.84. The quantitative estimate of drug-likeness (QED) is 0.870. The first-order chi connectivity index (χ1) is 9.65. The van der Waals surface area contributed by atoms with Crippen LogP contribution >= 0.6 is 0 Å². The molecular formula is C15H21NO3S. The monoisotopic (exact) mass is 295 g/mol. The SMILES string of the molecule is C[S@@](=O)C[C@H](NC(=O)C[C@@H]1CCCO1)c1ccccc1. The van der Waals surface area contributed by atoms with Gasteiger partial charge in [-0.25, -0.2) is 0 Å². The van der Waals surface area contributed by atoms with E-state index in [1.807, 2.05) is 30.3 Å². The molecule has 3 atom stereocenters. The van der Waals surface area contributed by atoms with Crippen molar-refractivity contribution in [2.45, 2.75) is 31.4 Å². The van der Waals surface area contributed by atoms with Gasteiger partial charge in [-0.05, 0) is 18.4 Å². The summed E-state index contributed by atoms with van der Waals surface area (Å²) < 4.78 is 17.0. The smallest absolute Gasteiger partial charge is 0.223 e. The molecule has 1 heterocycles. The zero-order chi connectivity index (χ0) is 14.4. The maximum absolute atomic E-state index is 12.1. The van der Waals surface area contributed by atoms with E-state index in [-0.39, 0.29) is 18.1 Å². The molecule has 1 amide bonds. The first kappa shape index (κ1) is 15.2. The number of rotatable bonds is 6. The molecule has 1 aliphatic heterocycles. The second-order valence-corrected chi connectivity index (χ2v) is 6.59. The van der Waals surface area contributed by atoms with E-state index in [0.29, 0.717) is 12.2 Å². The van der Waals surface area contributed by atoms with Gasteiger partial charge in [0.15, 0.2) is 0 Å². The maximum atomic E-state index is 12.1. The Morgan fingerprint density at radius 1 is 1.45 bits per heavy atom. The molecule has 2 rings (SSSR count). The molecule has 1 aromatic carbocycles. The summed E-state index contributed by atoms with van der Waals surface area (Å²) in [4.78, 5) is 12.1. The minimum atomic E-state index is -0.962. The molecular weight excluding hydrogens is 274 g/mol. The third-order valence-corrected chi connectivity index (χ3v) is 4.18. The lowest BCUT2D eigenvalue weighted by atomic mass is 10.1. The van der Waals surface area contributed by atoms with Crippen molar-refractivity contribution in [1.29, 1.82) is 0 Å². The predicted molar refractivity (Wildman–Crippen MR) is 79.9 cm³/mol. The molecule has 1 aliphatic rings. The predicted octanol–water partition coefficient (Wildman–Crippen LogP) is 1.79. The number of carbonyl (C=O) groups is 1. The topological polar surface area (TPSA) is 55.4 Å². The second kappa shape index (κ2) is 7.55. The molecule has 0 spiro atoms. The molecule has 1 aromatic rings. The van der Waals surface area contributed by atoms with Crippen molar-refractivity contribution in [1.82, 2.24) is 5.32 Å². The van der Waals surface area contributed by atoms with Gasteiger partial charge in [0.1, 0.15) is 0 Å². The molecule has 0 radical (unpaired) electrons. The molecule has 1 fully saturated rings. The Balaban J connectivity index is 1.96. The first-order valence-corrected chi connectivity index (χ1v) is 8.64. The van der Waals surface area contributed by atoms with Crippen LogP contribution < -0.4 is 5.32 Å². The summed E-state index contributed by atoms with van der Waals surface area (Å²) in [5.74, 6) is 0.401. The van der Waals surface area contributed by atoms with Gasteiger partial charge in [-0.2, -0.15) is 0 Å². The van der Waals surface area contributed by atoms with Crippen LogP contribution in [-0.2, 0) is 20.3 Å². The highest BCUT2D eigenvalue weighted by atomic mass is 32.2. The molecule has 1 N–H and O–H groups in total. The summed E-state index contributed by atoms with van der Waals surface area (Å²) in [6.07, 6.45) is 4.06. The van der Waals surface area contributed by atoms with Gasteiger partial charge in [-0.3, -0.25) is 9.00 Å². The van der Waals surface area contributed by atoms with Gasteiger partial charge >= 0.3 is 0 Å². The van der Waals surface area contributed by atoms with Gasteiger partial charge in [0, 0.05) is 29.4 Å². The Morgan fingerprint density at radius 3 is 2.80 bits per heavy atom. The molecule has 0 unspecified atom stereocenters. The number of benzene rings is 1.